The molecule has 0 radical (unpaired) electrons. The standard InChI is InChI=1S/C31H41FO2/c1-4-6-8-13-23-33-31(28-15-11-9-12-16-28)22-21-27(24-30(31)32)26-17-19-29(20-18-26)34-25(3)14-10-7-5-2/h9,11-12,15-22,24-25,30H,4-8,10,13-14,23H2,1-3H3/t25?,30-,31?/m1/s1. The van der Waals surface area contributed by atoms with Crippen LogP contribution in [0.1, 0.15) is 83.3 Å². The number of allylic oxidation sites excluding steroid dienone is 2. The first-order valence-corrected chi connectivity index (χ1v) is 13.1. The second kappa shape index (κ2) is 13.5. The molecule has 2 nitrogen and oxygen atoms in total. The van der Waals surface area contributed by atoms with Gasteiger partial charge in [-0.1, -0.05) is 94.5 Å². The molecule has 3 heteroatoms. The van der Waals surface area contributed by atoms with E-state index in [0.29, 0.717) is 6.61 Å². The number of hydrogen-bond acceptors (Lipinski definition) is 2. The lowest BCUT2D eigenvalue weighted by Crippen LogP contribution is -2.39. The summed E-state index contributed by atoms with van der Waals surface area (Å²) in [6, 6.07) is 17.7. The van der Waals surface area contributed by atoms with E-state index in [1.807, 2.05) is 66.7 Å². The lowest BCUT2D eigenvalue weighted by atomic mass is 9.82. The summed E-state index contributed by atoms with van der Waals surface area (Å²) in [7, 11) is 0. The summed E-state index contributed by atoms with van der Waals surface area (Å²) in [5.41, 5.74) is 1.63. The second-order valence-electron chi connectivity index (χ2n) is 9.37. The first-order valence-electron chi connectivity index (χ1n) is 13.1. The van der Waals surface area contributed by atoms with Gasteiger partial charge in [0, 0.05) is 6.61 Å². The van der Waals surface area contributed by atoms with Gasteiger partial charge in [0.05, 0.1) is 6.10 Å². The highest BCUT2D eigenvalue weighted by Gasteiger charge is 2.41. The van der Waals surface area contributed by atoms with E-state index in [0.717, 1.165) is 41.7 Å². The van der Waals surface area contributed by atoms with Gasteiger partial charge in [0.1, 0.15) is 11.4 Å². The van der Waals surface area contributed by atoms with Crippen molar-refractivity contribution >= 4 is 5.57 Å². The van der Waals surface area contributed by atoms with Crippen molar-refractivity contribution in [3.8, 4) is 5.75 Å². The zero-order valence-corrected chi connectivity index (χ0v) is 21.1. The molecule has 0 fully saturated rings. The van der Waals surface area contributed by atoms with E-state index >= 15 is 4.39 Å². The van der Waals surface area contributed by atoms with Gasteiger partial charge in [0.2, 0.25) is 0 Å². The van der Waals surface area contributed by atoms with Gasteiger partial charge in [0.15, 0.2) is 6.17 Å². The van der Waals surface area contributed by atoms with Gasteiger partial charge in [-0.15, -0.1) is 0 Å². The predicted octanol–water partition coefficient (Wildman–Crippen LogP) is 8.82. The Labute approximate surface area is 205 Å². The third kappa shape index (κ3) is 7.06. The number of rotatable bonds is 14. The quantitative estimate of drug-likeness (QED) is 0.260. The van der Waals surface area contributed by atoms with Crippen LogP contribution >= 0.6 is 0 Å². The number of benzene rings is 2. The number of ether oxygens (including phenoxy) is 2. The van der Waals surface area contributed by atoms with Crippen LogP contribution in [0.5, 0.6) is 5.75 Å². The van der Waals surface area contributed by atoms with E-state index in [4.69, 9.17) is 9.47 Å². The van der Waals surface area contributed by atoms with Crippen molar-refractivity contribution in [2.24, 2.45) is 0 Å². The Hall–Kier alpha value is -2.39. The number of unbranched alkanes of at least 4 members (excludes halogenated alkanes) is 5. The van der Waals surface area contributed by atoms with E-state index in [1.54, 1.807) is 6.08 Å². The molecule has 2 unspecified atom stereocenters. The van der Waals surface area contributed by atoms with Crippen molar-refractivity contribution in [2.45, 2.75) is 90.0 Å². The summed E-state index contributed by atoms with van der Waals surface area (Å²) in [4.78, 5) is 0. The smallest absolute Gasteiger partial charge is 0.156 e. The molecule has 2 aromatic rings. The van der Waals surface area contributed by atoms with Gasteiger partial charge in [-0.05, 0) is 67.2 Å². The molecule has 1 aliphatic rings. The van der Waals surface area contributed by atoms with E-state index < -0.39 is 11.8 Å². The highest BCUT2D eigenvalue weighted by molar-refractivity contribution is 5.76. The molecule has 0 aliphatic heterocycles. The van der Waals surface area contributed by atoms with Crippen LogP contribution in [0, 0.1) is 0 Å². The number of hydrogen-bond donors (Lipinski definition) is 0. The predicted molar refractivity (Wildman–Crippen MR) is 141 cm³/mol. The second-order valence-corrected chi connectivity index (χ2v) is 9.37. The van der Waals surface area contributed by atoms with E-state index in [1.165, 1.54) is 32.1 Å². The lowest BCUT2D eigenvalue weighted by Gasteiger charge is -2.36. The van der Waals surface area contributed by atoms with Crippen LogP contribution in [-0.4, -0.2) is 18.9 Å². The summed E-state index contributed by atoms with van der Waals surface area (Å²) >= 11 is 0. The van der Waals surface area contributed by atoms with Gasteiger partial charge >= 0.3 is 0 Å². The average molecular weight is 465 g/mol. The summed E-state index contributed by atoms with van der Waals surface area (Å²) in [6.45, 7) is 7.07. The molecule has 2 aromatic carbocycles. The van der Waals surface area contributed by atoms with Gasteiger partial charge < -0.3 is 9.47 Å². The van der Waals surface area contributed by atoms with Crippen molar-refractivity contribution in [3.63, 3.8) is 0 Å². The summed E-state index contributed by atoms with van der Waals surface area (Å²) in [6.07, 6.45) is 13.6. The fraction of sp³-hybridized carbons (Fsp3) is 0.484. The minimum Gasteiger partial charge on any atom is -0.491 e. The van der Waals surface area contributed by atoms with Gasteiger partial charge in [-0.25, -0.2) is 4.39 Å². The van der Waals surface area contributed by atoms with Gasteiger partial charge in [-0.2, -0.15) is 0 Å². The van der Waals surface area contributed by atoms with Crippen LogP contribution in [-0.2, 0) is 10.3 Å². The van der Waals surface area contributed by atoms with Crippen LogP contribution in [0.4, 0.5) is 4.39 Å². The van der Waals surface area contributed by atoms with E-state index in [9.17, 15) is 0 Å². The van der Waals surface area contributed by atoms with E-state index in [-0.39, 0.29) is 6.10 Å². The highest BCUT2D eigenvalue weighted by Crippen LogP contribution is 2.40. The Balaban J connectivity index is 1.70. The molecule has 34 heavy (non-hydrogen) atoms. The van der Waals surface area contributed by atoms with Crippen molar-refractivity contribution < 1.29 is 13.9 Å². The Kier molecular flexibility index (Phi) is 10.4. The fourth-order valence-electron chi connectivity index (χ4n) is 4.47. The van der Waals surface area contributed by atoms with Crippen LogP contribution < -0.4 is 4.74 Å². The van der Waals surface area contributed by atoms with Gasteiger partial charge in [-0.3, -0.25) is 0 Å². The molecule has 3 rings (SSSR count). The third-order valence-corrected chi connectivity index (χ3v) is 6.55. The normalized spacial score (nSPS) is 20.7. The Morgan fingerprint density at radius 1 is 0.882 bits per heavy atom. The van der Waals surface area contributed by atoms with Crippen LogP contribution in [0.3, 0.4) is 0 Å². The van der Waals surface area contributed by atoms with Crippen LogP contribution in [0.25, 0.3) is 5.57 Å². The molecule has 3 atom stereocenters. The summed E-state index contributed by atoms with van der Waals surface area (Å²) in [5.74, 6) is 0.860. The van der Waals surface area contributed by atoms with Crippen LogP contribution in [0.2, 0.25) is 0 Å². The molecule has 0 saturated heterocycles. The molecule has 0 heterocycles. The Bertz CT molecular complexity index is 903. The molecular formula is C31H41FO2. The Morgan fingerprint density at radius 3 is 2.26 bits per heavy atom. The monoisotopic (exact) mass is 464 g/mol. The maximum absolute atomic E-state index is 15.8. The van der Waals surface area contributed by atoms with Crippen molar-refractivity contribution in [2.75, 3.05) is 6.61 Å². The average Bonchev–Trinajstić information content (AvgIpc) is 2.86. The largest absolute Gasteiger partial charge is 0.491 e. The van der Waals surface area contributed by atoms with Crippen LogP contribution in [0.15, 0.2) is 72.8 Å². The highest BCUT2D eigenvalue weighted by atomic mass is 19.1. The molecule has 184 valence electrons. The third-order valence-electron chi connectivity index (χ3n) is 6.55. The SMILES string of the molecule is CCCCCCOC1(c2ccccc2)C=CC(c2ccc(OC(C)CCCCC)cc2)=C[C@H]1F. The minimum atomic E-state index is -1.27. The minimum absolute atomic E-state index is 0.197. The molecule has 1 aliphatic carbocycles. The zero-order valence-electron chi connectivity index (χ0n) is 21.1. The Morgan fingerprint density at radius 2 is 1.59 bits per heavy atom. The van der Waals surface area contributed by atoms with E-state index in [2.05, 4.69) is 20.8 Å². The number of alkyl halides is 1. The molecule has 0 bridgehead atoms. The summed E-state index contributed by atoms with van der Waals surface area (Å²) in [5, 5.41) is 0. The number of halogens is 1. The first kappa shape index (κ1) is 26.2. The van der Waals surface area contributed by atoms with Gasteiger partial charge in [0.25, 0.3) is 0 Å². The summed E-state index contributed by atoms with van der Waals surface area (Å²) < 4.78 is 28.2. The lowest BCUT2D eigenvalue weighted by molar-refractivity contribution is -0.0548. The zero-order chi connectivity index (χ0) is 24.2. The fourth-order valence-corrected chi connectivity index (χ4v) is 4.47. The molecule has 0 aromatic heterocycles. The van der Waals surface area contributed by atoms with Crippen molar-refractivity contribution in [3.05, 3.63) is 84.0 Å². The van der Waals surface area contributed by atoms with Crippen molar-refractivity contribution in [1.29, 1.82) is 0 Å². The molecule has 0 N–H and O–H groups in total. The maximum atomic E-state index is 15.8. The molecule has 0 amide bonds. The molecular weight excluding hydrogens is 423 g/mol. The molecule has 0 saturated carbocycles. The topological polar surface area (TPSA) is 18.5 Å². The van der Waals surface area contributed by atoms with Crippen molar-refractivity contribution in [1.82, 2.24) is 0 Å². The first-order chi connectivity index (χ1) is 16.6. The molecule has 0 spiro atoms. The maximum Gasteiger partial charge on any atom is 0.156 e.